The van der Waals surface area contributed by atoms with E-state index in [-0.39, 0.29) is 42.1 Å². The van der Waals surface area contributed by atoms with Gasteiger partial charge < -0.3 is 38.7 Å². The molecule has 0 spiro atoms. The van der Waals surface area contributed by atoms with E-state index in [1.54, 1.807) is 49.2 Å². The van der Waals surface area contributed by atoms with E-state index in [1.807, 2.05) is 19.1 Å². The average molecular weight is 739 g/mol. The number of oxime groups is 1. The number of methoxy groups -OCH3 is 2. The van der Waals surface area contributed by atoms with Crippen LogP contribution in [0.25, 0.3) is 0 Å². The van der Waals surface area contributed by atoms with Gasteiger partial charge in [0.15, 0.2) is 0 Å². The Morgan fingerprint density at radius 2 is 1.83 bits per heavy atom. The van der Waals surface area contributed by atoms with Crippen LogP contribution in [-0.4, -0.2) is 79.5 Å². The zero-order valence-corrected chi connectivity index (χ0v) is 31.6. The third-order valence-corrected chi connectivity index (χ3v) is 11.4. The third kappa shape index (κ3) is 8.56. The van der Waals surface area contributed by atoms with Crippen LogP contribution >= 0.6 is 11.8 Å². The first-order valence-corrected chi connectivity index (χ1v) is 19.5. The molecule has 5 rings (SSSR count). The molecule has 2 aromatic rings. The molecule has 284 valence electrons. The van der Waals surface area contributed by atoms with Gasteiger partial charge in [0, 0.05) is 37.2 Å². The van der Waals surface area contributed by atoms with Gasteiger partial charge in [0.25, 0.3) is 0 Å². The number of hydrogen-bond donors (Lipinski definition) is 3. The molecular formula is C40H54N2O9S. The number of unbranched alkanes of at least 4 members (excludes halogenated alkanes) is 2. The average Bonchev–Trinajstić information content (AvgIpc) is 3.15. The van der Waals surface area contributed by atoms with Gasteiger partial charge >= 0.3 is 6.09 Å². The van der Waals surface area contributed by atoms with Gasteiger partial charge in [0.05, 0.1) is 43.4 Å². The first kappa shape index (κ1) is 39.5. The molecule has 1 heterocycles. The van der Waals surface area contributed by atoms with Gasteiger partial charge in [-0.05, 0) is 86.1 Å². The van der Waals surface area contributed by atoms with Crippen molar-refractivity contribution in [1.29, 1.82) is 0 Å². The summed E-state index contributed by atoms with van der Waals surface area (Å²) in [6.45, 7) is 9.04. The Balaban J connectivity index is 1.62. The minimum absolute atomic E-state index is 0.0975. The molecule has 1 saturated carbocycles. The summed E-state index contributed by atoms with van der Waals surface area (Å²) in [6, 6.07) is 10.7. The Bertz CT molecular complexity index is 1580. The zero-order chi connectivity index (χ0) is 37.1. The molecule has 3 aliphatic rings. The molecule has 0 bridgehead atoms. The van der Waals surface area contributed by atoms with Crippen molar-refractivity contribution in [2.24, 2.45) is 22.9 Å². The van der Waals surface area contributed by atoms with Crippen LogP contribution in [0.2, 0.25) is 0 Å². The van der Waals surface area contributed by atoms with E-state index in [0.717, 1.165) is 48.3 Å². The number of nitrogens with zero attached hydrogens (tertiary/aromatic N) is 1. The Hall–Kier alpha value is -3.71. The molecule has 6 atom stereocenters. The molecule has 2 aliphatic carbocycles. The number of fused-ring (bicyclic) bond motifs is 2. The molecule has 0 saturated heterocycles. The highest BCUT2D eigenvalue weighted by atomic mass is 32.2. The van der Waals surface area contributed by atoms with Gasteiger partial charge in [-0.1, -0.05) is 37.1 Å². The number of carbonyl (C=O) groups is 1. The van der Waals surface area contributed by atoms with Crippen molar-refractivity contribution in [2.75, 3.05) is 51.7 Å². The number of anilines is 1. The number of thioether (sulfide) groups is 1. The SMILES string of the molecule is C=CCOC12Oc3ccc(OC(=O)Nc4ccc(OC)cc4OC)cc3C3C(CCCCO)C(CCCCO)C=C(C(=NOCC)CC1SCC)C32. The van der Waals surface area contributed by atoms with Gasteiger partial charge in [-0.15, -0.1) is 6.58 Å². The fourth-order valence-electron chi connectivity index (χ4n) is 8.03. The standard InChI is InChI=1S/C40H54N2O9S/c1-6-21-48-40-36(52-8-3)25-33(42-49-7-2)30-22-26(13-9-11-19-43)29(14-10-12-20-44)37(38(30)40)31-23-28(16-18-34(31)51-40)50-39(45)41-32-17-15-27(46-4)24-35(32)47-5/h6,15-18,22-24,26,29,36-38,43-44H,1,7-14,19-21,25H2,2-5H3,(H,41,45). The minimum atomic E-state index is -1.03. The predicted molar refractivity (Wildman–Crippen MR) is 204 cm³/mol. The lowest BCUT2D eigenvalue weighted by atomic mass is 9.56. The van der Waals surface area contributed by atoms with E-state index in [0.29, 0.717) is 61.2 Å². The van der Waals surface area contributed by atoms with E-state index in [1.165, 1.54) is 7.11 Å². The van der Waals surface area contributed by atoms with E-state index >= 15 is 0 Å². The highest BCUT2D eigenvalue weighted by Crippen LogP contribution is 2.62. The molecule has 0 radical (unpaired) electrons. The summed E-state index contributed by atoms with van der Waals surface area (Å²) < 4.78 is 30.6. The van der Waals surface area contributed by atoms with Gasteiger partial charge in [-0.25, -0.2) is 4.79 Å². The summed E-state index contributed by atoms with van der Waals surface area (Å²) in [5.41, 5.74) is 3.33. The maximum absolute atomic E-state index is 13.3. The van der Waals surface area contributed by atoms with Crippen molar-refractivity contribution in [1.82, 2.24) is 0 Å². The molecule has 6 unspecified atom stereocenters. The highest BCUT2D eigenvalue weighted by molar-refractivity contribution is 8.00. The molecule has 11 nitrogen and oxygen atoms in total. The van der Waals surface area contributed by atoms with Gasteiger partial charge in [-0.3, -0.25) is 5.32 Å². The Labute approximate surface area is 311 Å². The van der Waals surface area contributed by atoms with Crippen LogP contribution in [0.3, 0.4) is 0 Å². The number of aliphatic hydroxyl groups excluding tert-OH is 2. The van der Waals surface area contributed by atoms with Gasteiger partial charge in [0.2, 0.25) is 5.79 Å². The van der Waals surface area contributed by atoms with E-state index in [4.69, 9.17) is 33.7 Å². The van der Waals surface area contributed by atoms with Crippen molar-refractivity contribution in [3.63, 3.8) is 0 Å². The highest BCUT2D eigenvalue weighted by Gasteiger charge is 2.63. The minimum Gasteiger partial charge on any atom is -0.497 e. The maximum Gasteiger partial charge on any atom is 0.417 e. The molecule has 0 aromatic heterocycles. The number of hydrogen-bond acceptors (Lipinski definition) is 11. The van der Waals surface area contributed by atoms with Crippen LogP contribution in [0, 0.1) is 17.8 Å². The Morgan fingerprint density at radius 3 is 2.52 bits per heavy atom. The van der Waals surface area contributed by atoms with Crippen LogP contribution in [0.5, 0.6) is 23.0 Å². The maximum atomic E-state index is 13.3. The normalized spacial score (nSPS) is 25.2. The number of allylic oxidation sites excluding steroid dienone is 1. The van der Waals surface area contributed by atoms with Gasteiger partial charge in [-0.2, -0.15) is 11.8 Å². The summed E-state index contributed by atoms with van der Waals surface area (Å²) in [7, 11) is 3.09. The lowest BCUT2D eigenvalue weighted by Gasteiger charge is -2.58. The van der Waals surface area contributed by atoms with Crippen LogP contribution in [0.1, 0.15) is 70.3 Å². The third-order valence-electron chi connectivity index (χ3n) is 10.1. The summed E-state index contributed by atoms with van der Waals surface area (Å²) in [5, 5.41) is 26.9. The van der Waals surface area contributed by atoms with Crippen LogP contribution < -0.4 is 24.3 Å². The van der Waals surface area contributed by atoms with Crippen molar-refractivity contribution in [3.05, 3.63) is 66.3 Å². The smallest absolute Gasteiger partial charge is 0.417 e. The fraction of sp³-hybridized carbons (Fsp3) is 0.550. The fourth-order valence-corrected chi connectivity index (χ4v) is 9.20. The molecule has 1 amide bonds. The number of carbonyl (C=O) groups excluding carboxylic acids is 1. The van der Waals surface area contributed by atoms with Crippen molar-refractivity contribution < 1.29 is 43.5 Å². The molecule has 12 heteroatoms. The molecule has 1 aliphatic heterocycles. The lowest BCUT2D eigenvalue weighted by Crippen LogP contribution is -2.64. The topological polar surface area (TPSA) is 137 Å². The van der Waals surface area contributed by atoms with Crippen LogP contribution in [0.4, 0.5) is 10.5 Å². The van der Waals surface area contributed by atoms with E-state index < -0.39 is 11.9 Å². The first-order valence-electron chi connectivity index (χ1n) is 18.4. The van der Waals surface area contributed by atoms with E-state index in [2.05, 4.69) is 24.9 Å². The van der Waals surface area contributed by atoms with Crippen molar-refractivity contribution >= 4 is 29.3 Å². The van der Waals surface area contributed by atoms with Crippen molar-refractivity contribution in [3.8, 4) is 23.0 Å². The van der Waals surface area contributed by atoms with Crippen LogP contribution in [0.15, 0.2) is 65.9 Å². The molecule has 2 aromatic carbocycles. The second kappa shape index (κ2) is 18.9. The van der Waals surface area contributed by atoms with Crippen LogP contribution in [-0.2, 0) is 9.57 Å². The second-order valence-electron chi connectivity index (χ2n) is 13.2. The number of aliphatic hydroxyl groups is 2. The van der Waals surface area contributed by atoms with E-state index in [9.17, 15) is 15.0 Å². The molecule has 1 fully saturated rings. The van der Waals surface area contributed by atoms with Gasteiger partial charge in [0.1, 0.15) is 29.6 Å². The summed E-state index contributed by atoms with van der Waals surface area (Å²) >= 11 is 1.79. The molecule has 52 heavy (non-hydrogen) atoms. The number of amides is 1. The zero-order valence-electron chi connectivity index (χ0n) is 30.8. The Kier molecular flexibility index (Phi) is 14.3. The monoisotopic (exact) mass is 738 g/mol. The Morgan fingerprint density at radius 1 is 1.06 bits per heavy atom. The largest absolute Gasteiger partial charge is 0.497 e. The first-order chi connectivity index (χ1) is 25.4. The predicted octanol–water partition coefficient (Wildman–Crippen LogP) is 7.72. The number of nitrogens with one attached hydrogen (secondary N) is 1. The lowest BCUT2D eigenvalue weighted by molar-refractivity contribution is -0.223. The number of rotatable bonds is 19. The second-order valence-corrected chi connectivity index (χ2v) is 14.7. The molecular weight excluding hydrogens is 685 g/mol. The van der Waals surface area contributed by atoms with Crippen molar-refractivity contribution in [2.45, 2.75) is 75.7 Å². The molecule has 3 N–H and O–H groups in total. The quantitative estimate of drug-likeness (QED) is 0.0747. The summed E-state index contributed by atoms with van der Waals surface area (Å²) in [5.74, 6) is 1.84. The summed E-state index contributed by atoms with van der Waals surface area (Å²) in [6.07, 6.45) is 8.92. The number of ether oxygens (including phenoxy) is 5. The number of benzene rings is 2. The summed E-state index contributed by atoms with van der Waals surface area (Å²) in [4.78, 5) is 19.0.